The first kappa shape index (κ1) is 21.7. The van der Waals surface area contributed by atoms with Crippen LogP contribution in [0.2, 0.25) is 0 Å². The summed E-state index contributed by atoms with van der Waals surface area (Å²) in [6.45, 7) is 9.11. The number of aryl methyl sites for hydroxylation is 1. The van der Waals surface area contributed by atoms with Crippen LogP contribution in [0.3, 0.4) is 0 Å². The fourth-order valence-corrected chi connectivity index (χ4v) is 5.36. The van der Waals surface area contributed by atoms with Gasteiger partial charge in [0.25, 0.3) is 0 Å². The van der Waals surface area contributed by atoms with Crippen molar-refractivity contribution in [3.8, 4) is 11.3 Å². The Bertz CT molecular complexity index is 1310. The number of carbonyl (C=O) groups excluding carboxylic acids is 1. The quantitative estimate of drug-likeness (QED) is 0.464. The lowest BCUT2D eigenvalue weighted by molar-refractivity contribution is -0.122. The molecular formula is C27H33N5O. The number of benzene rings is 1. The van der Waals surface area contributed by atoms with E-state index in [4.69, 9.17) is 0 Å². The van der Waals surface area contributed by atoms with Crippen molar-refractivity contribution in [3.05, 3.63) is 59.5 Å². The number of rotatable bonds is 5. The molecule has 0 saturated carbocycles. The number of pyridine rings is 1. The van der Waals surface area contributed by atoms with Crippen LogP contribution in [0.1, 0.15) is 55.3 Å². The van der Waals surface area contributed by atoms with E-state index in [1.165, 1.54) is 39.0 Å². The van der Waals surface area contributed by atoms with Crippen molar-refractivity contribution in [3.63, 3.8) is 0 Å². The number of nitrogens with one attached hydrogen (secondary N) is 2. The van der Waals surface area contributed by atoms with Crippen LogP contribution in [-0.4, -0.2) is 51.9 Å². The number of hydrogen-bond donors (Lipinski definition) is 2. The molecule has 2 N–H and O–H groups in total. The number of piperidine rings is 1. The van der Waals surface area contributed by atoms with Crippen molar-refractivity contribution in [2.24, 2.45) is 0 Å². The first-order valence-electron chi connectivity index (χ1n) is 12.0. The molecule has 0 atom stereocenters. The molecule has 0 unspecified atom stereocenters. The van der Waals surface area contributed by atoms with Gasteiger partial charge in [0, 0.05) is 41.6 Å². The molecule has 4 heterocycles. The molecule has 0 aliphatic carbocycles. The molecule has 33 heavy (non-hydrogen) atoms. The van der Waals surface area contributed by atoms with Crippen LogP contribution >= 0.6 is 0 Å². The maximum atomic E-state index is 11.7. The average molecular weight is 444 g/mol. The second-order valence-electron chi connectivity index (χ2n) is 9.64. The smallest absolute Gasteiger partial charge is 0.233 e. The number of aromatic nitrogens is 3. The number of amides is 1. The molecular weight excluding hydrogens is 410 g/mol. The molecule has 1 fully saturated rings. The molecule has 0 spiro atoms. The first-order valence-corrected chi connectivity index (χ1v) is 12.0. The maximum Gasteiger partial charge on any atom is 0.233 e. The molecule has 0 bridgehead atoms. The van der Waals surface area contributed by atoms with Crippen LogP contribution in [-0.2, 0) is 4.79 Å². The van der Waals surface area contributed by atoms with E-state index in [0.29, 0.717) is 18.4 Å². The Hall–Kier alpha value is -3.12. The lowest BCUT2D eigenvalue weighted by Crippen LogP contribution is -2.40. The summed E-state index contributed by atoms with van der Waals surface area (Å²) >= 11 is 0. The number of likely N-dealkylation sites (N-methyl/N-ethyl adjacent to an activating group) is 1. The monoisotopic (exact) mass is 443 g/mol. The number of nitrogens with zero attached hydrogens (tertiary/aromatic N) is 3. The molecule has 0 radical (unpaired) electrons. The van der Waals surface area contributed by atoms with E-state index in [-0.39, 0.29) is 5.91 Å². The van der Waals surface area contributed by atoms with E-state index in [0.717, 1.165) is 31.6 Å². The molecule has 3 aromatic heterocycles. The molecule has 172 valence electrons. The number of carbonyl (C=O) groups is 1. The third kappa shape index (κ3) is 4.04. The molecule has 1 aromatic carbocycles. The summed E-state index contributed by atoms with van der Waals surface area (Å²) in [6.07, 6.45) is 6.04. The van der Waals surface area contributed by atoms with Crippen molar-refractivity contribution in [1.82, 2.24) is 24.6 Å². The number of H-pyrrole nitrogens is 1. The lowest BCUT2D eigenvalue weighted by Gasteiger charge is -2.31. The highest BCUT2D eigenvalue weighted by Gasteiger charge is 2.23. The van der Waals surface area contributed by atoms with Gasteiger partial charge in [-0.25, -0.2) is 4.98 Å². The van der Waals surface area contributed by atoms with Crippen LogP contribution < -0.4 is 5.32 Å². The first-order chi connectivity index (χ1) is 15.9. The Labute approximate surface area is 195 Å². The third-order valence-corrected chi connectivity index (χ3v) is 7.13. The normalized spacial score (nSPS) is 15.7. The van der Waals surface area contributed by atoms with Crippen LogP contribution in [0, 0.1) is 6.92 Å². The highest BCUT2D eigenvalue weighted by atomic mass is 16.1. The third-order valence-electron chi connectivity index (χ3n) is 7.13. The van der Waals surface area contributed by atoms with E-state index in [1.807, 2.05) is 12.4 Å². The fraction of sp³-hybridized carbons (Fsp3) is 0.407. The van der Waals surface area contributed by atoms with Gasteiger partial charge in [0.05, 0.1) is 12.2 Å². The van der Waals surface area contributed by atoms with Gasteiger partial charge >= 0.3 is 0 Å². The predicted molar refractivity (Wildman–Crippen MR) is 134 cm³/mol. The van der Waals surface area contributed by atoms with Gasteiger partial charge in [0.2, 0.25) is 5.91 Å². The summed E-state index contributed by atoms with van der Waals surface area (Å²) in [5, 5.41) is 4.06. The molecule has 1 amide bonds. The summed E-state index contributed by atoms with van der Waals surface area (Å²) in [5.74, 6) is 1.03. The minimum atomic E-state index is 0.0973. The van der Waals surface area contributed by atoms with Gasteiger partial charge < -0.3 is 14.7 Å². The second kappa shape index (κ2) is 8.67. The highest BCUT2D eigenvalue weighted by Crippen LogP contribution is 2.38. The van der Waals surface area contributed by atoms with Gasteiger partial charge in [0.15, 0.2) is 0 Å². The largest absolute Gasteiger partial charge is 0.358 e. The Balaban J connectivity index is 1.48. The van der Waals surface area contributed by atoms with E-state index in [9.17, 15) is 4.79 Å². The summed E-state index contributed by atoms with van der Waals surface area (Å²) < 4.78 is 2.12. The lowest BCUT2D eigenvalue weighted by atomic mass is 9.87. The Morgan fingerprint density at radius 3 is 2.73 bits per heavy atom. The summed E-state index contributed by atoms with van der Waals surface area (Å²) in [6, 6.07) is 11.4. The molecule has 4 aromatic rings. The second-order valence-corrected chi connectivity index (χ2v) is 9.64. The number of fused-ring (bicyclic) bond motifs is 2. The molecule has 1 aliphatic rings. The van der Waals surface area contributed by atoms with Crippen LogP contribution in [0.15, 0.2) is 42.7 Å². The van der Waals surface area contributed by atoms with E-state index in [1.54, 1.807) is 7.05 Å². The van der Waals surface area contributed by atoms with Crippen LogP contribution in [0.4, 0.5) is 0 Å². The minimum absolute atomic E-state index is 0.0973. The van der Waals surface area contributed by atoms with Gasteiger partial charge in [-0.05, 0) is 80.1 Å². The molecule has 1 saturated heterocycles. The van der Waals surface area contributed by atoms with Crippen molar-refractivity contribution >= 4 is 22.5 Å². The maximum absolute atomic E-state index is 11.7. The number of hydrogen-bond acceptors (Lipinski definition) is 3. The standard InChI is InChI=1S/C27H33N5O/c1-17(2)26-22-14-20(19-7-10-31(11-8-19)16-25(33)28-4)5-6-23(22)30-27(26)21-13-18(3)32-12-9-29-24(32)15-21/h5-6,9,12-15,17,19,30H,7-8,10-11,16H2,1-4H3,(H,28,33). The Morgan fingerprint density at radius 2 is 2.00 bits per heavy atom. The predicted octanol–water partition coefficient (Wildman–Crippen LogP) is 4.84. The molecule has 6 heteroatoms. The zero-order valence-corrected chi connectivity index (χ0v) is 20.0. The SMILES string of the molecule is CNC(=O)CN1CCC(c2ccc3[nH]c(-c4cc(C)n5ccnc5c4)c(C(C)C)c3c2)CC1. The number of imidazole rings is 1. The van der Waals surface area contributed by atoms with Gasteiger partial charge in [-0.15, -0.1) is 0 Å². The van der Waals surface area contributed by atoms with Crippen molar-refractivity contribution in [2.75, 3.05) is 26.7 Å². The van der Waals surface area contributed by atoms with Crippen molar-refractivity contribution in [2.45, 2.75) is 45.4 Å². The summed E-state index contributed by atoms with van der Waals surface area (Å²) in [4.78, 5) is 22.2. The summed E-state index contributed by atoms with van der Waals surface area (Å²) in [7, 11) is 1.70. The number of likely N-dealkylation sites (tertiary alicyclic amines) is 1. The number of aromatic amines is 1. The topological polar surface area (TPSA) is 65.4 Å². The van der Waals surface area contributed by atoms with E-state index >= 15 is 0 Å². The van der Waals surface area contributed by atoms with E-state index in [2.05, 4.69) is 75.7 Å². The van der Waals surface area contributed by atoms with E-state index < -0.39 is 0 Å². The van der Waals surface area contributed by atoms with Gasteiger partial charge in [-0.3, -0.25) is 9.69 Å². The zero-order chi connectivity index (χ0) is 23.1. The molecule has 6 nitrogen and oxygen atoms in total. The average Bonchev–Trinajstić information content (AvgIpc) is 3.44. The Kier molecular flexibility index (Phi) is 5.71. The van der Waals surface area contributed by atoms with Crippen molar-refractivity contribution < 1.29 is 4.79 Å². The fourth-order valence-electron chi connectivity index (χ4n) is 5.36. The zero-order valence-electron chi connectivity index (χ0n) is 20.0. The van der Waals surface area contributed by atoms with Gasteiger partial charge in [-0.1, -0.05) is 19.9 Å². The van der Waals surface area contributed by atoms with Crippen molar-refractivity contribution in [1.29, 1.82) is 0 Å². The van der Waals surface area contributed by atoms with Gasteiger partial charge in [-0.2, -0.15) is 0 Å². The highest BCUT2D eigenvalue weighted by molar-refractivity contribution is 5.92. The minimum Gasteiger partial charge on any atom is -0.358 e. The van der Waals surface area contributed by atoms with Crippen LogP contribution in [0.5, 0.6) is 0 Å². The molecule has 5 rings (SSSR count). The Morgan fingerprint density at radius 1 is 1.21 bits per heavy atom. The summed E-state index contributed by atoms with van der Waals surface area (Å²) in [5.41, 5.74) is 8.52. The van der Waals surface area contributed by atoms with Crippen LogP contribution in [0.25, 0.3) is 27.8 Å². The molecule has 1 aliphatic heterocycles. The van der Waals surface area contributed by atoms with Gasteiger partial charge in [0.1, 0.15) is 5.65 Å².